The van der Waals surface area contributed by atoms with E-state index in [0.29, 0.717) is 4.13 Å². The lowest BCUT2D eigenvalue weighted by molar-refractivity contribution is -0.759. The Morgan fingerprint density at radius 2 is 1.21 bits per heavy atom. The highest BCUT2D eigenvalue weighted by Crippen LogP contribution is 2.47. The molecule has 0 atom stereocenters. The van der Waals surface area contributed by atoms with Crippen molar-refractivity contribution >= 4 is 20.0 Å². The molecule has 0 aliphatic rings. The Hall–Kier alpha value is -1.63. The summed E-state index contributed by atoms with van der Waals surface area (Å²) in [7, 11) is -13.1. The minimum absolute atomic E-state index is 0.422. The summed E-state index contributed by atoms with van der Waals surface area (Å²) < 4.78 is 166. The zero-order valence-corrected chi connectivity index (χ0v) is 18.9. The summed E-state index contributed by atoms with van der Waals surface area (Å²) in [5.74, 6) is 0. The summed E-state index contributed by atoms with van der Waals surface area (Å²) in [5, 5.41) is -14.0. The average Bonchev–Trinajstić information content (AvgIpc) is 2.82. The standard InChI is InChI=1S/C10H19N2.C4F10NO4S2/c1-5-6-7-12-10(3)8-9(2)11(12)4;5-1(6,7)3(11,12)20(16,17)15-21(18,19)4(13,14)2(8,9)10/h8H,5-7H2,1-4H3;/q+1;-1. The van der Waals surface area contributed by atoms with Crippen LogP contribution in [0.2, 0.25) is 0 Å². The summed E-state index contributed by atoms with van der Waals surface area (Å²) >= 11 is 0. The van der Waals surface area contributed by atoms with Gasteiger partial charge in [0.2, 0.25) is 5.69 Å². The van der Waals surface area contributed by atoms with Crippen LogP contribution < -0.4 is 4.68 Å². The van der Waals surface area contributed by atoms with Gasteiger partial charge in [0, 0.05) is 13.0 Å². The van der Waals surface area contributed by atoms with Gasteiger partial charge in [-0.1, -0.05) is 13.3 Å². The zero-order chi connectivity index (χ0) is 26.8. The van der Waals surface area contributed by atoms with E-state index in [9.17, 15) is 60.7 Å². The molecule has 0 fully saturated rings. The lowest BCUT2D eigenvalue weighted by atomic mass is 10.3. The van der Waals surface area contributed by atoms with Gasteiger partial charge in [0.05, 0.1) is 12.2 Å². The number of hydrogen-bond donors (Lipinski definition) is 0. The van der Waals surface area contributed by atoms with Gasteiger partial charge in [-0.25, -0.2) is 16.8 Å². The number of alkyl halides is 10. The van der Waals surface area contributed by atoms with Crippen LogP contribution in [0, 0.1) is 13.8 Å². The monoisotopic (exact) mass is 547 g/mol. The van der Waals surface area contributed by atoms with Crippen LogP contribution in [0.15, 0.2) is 6.07 Å². The molecule has 0 saturated carbocycles. The smallest absolute Gasteiger partial charge is 0.425 e. The van der Waals surface area contributed by atoms with Gasteiger partial charge in [0.1, 0.15) is 0 Å². The third-order valence-electron chi connectivity index (χ3n) is 3.93. The quantitative estimate of drug-likeness (QED) is 0.381. The second-order valence-corrected chi connectivity index (χ2v) is 10.0. The Bertz CT molecular complexity index is 975. The third-order valence-corrected chi connectivity index (χ3v) is 7.25. The highest BCUT2D eigenvalue weighted by atomic mass is 32.3. The van der Waals surface area contributed by atoms with Gasteiger partial charge in [0.25, 0.3) is 0 Å². The topological polar surface area (TPSA) is 91.2 Å². The van der Waals surface area contributed by atoms with Crippen molar-refractivity contribution in [1.29, 1.82) is 0 Å². The number of rotatable bonds is 7. The fraction of sp³-hybridized carbons (Fsp3) is 0.786. The van der Waals surface area contributed by atoms with E-state index >= 15 is 0 Å². The summed E-state index contributed by atoms with van der Waals surface area (Å²) in [6.45, 7) is 7.69. The Morgan fingerprint density at radius 1 is 0.848 bits per heavy atom. The van der Waals surface area contributed by atoms with Crippen molar-refractivity contribution in [2.24, 2.45) is 7.05 Å². The number of hydrogen-bond acceptors (Lipinski definition) is 4. The summed E-state index contributed by atoms with van der Waals surface area (Å²) in [4.78, 5) is 0. The zero-order valence-electron chi connectivity index (χ0n) is 17.3. The van der Waals surface area contributed by atoms with E-state index in [0.717, 1.165) is 6.54 Å². The SMILES string of the molecule is CCCCn1c(C)cc(C)[n+]1C.O=S(=O)([N-]S(=O)(=O)C(F)(F)C(F)(F)F)C(F)(F)C(F)(F)F. The van der Waals surface area contributed by atoms with Gasteiger partial charge in [0.15, 0.2) is 27.1 Å². The first-order chi connectivity index (χ1) is 14.4. The van der Waals surface area contributed by atoms with Crippen LogP contribution in [-0.2, 0) is 33.6 Å². The van der Waals surface area contributed by atoms with Crippen LogP contribution in [-0.4, -0.2) is 44.4 Å². The maximum Gasteiger partial charge on any atom is 0.467 e. The molecule has 0 spiro atoms. The maximum absolute atomic E-state index is 12.3. The molecule has 0 radical (unpaired) electrons. The van der Waals surface area contributed by atoms with Gasteiger partial charge >= 0.3 is 22.9 Å². The van der Waals surface area contributed by atoms with Crippen LogP contribution in [0.3, 0.4) is 0 Å². The molecule has 0 unspecified atom stereocenters. The molecule has 33 heavy (non-hydrogen) atoms. The number of sulfonamides is 2. The average molecular weight is 547 g/mol. The lowest BCUT2D eigenvalue weighted by Gasteiger charge is -2.31. The third kappa shape index (κ3) is 6.71. The molecule has 0 aromatic carbocycles. The second kappa shape index (κ2) is 9.93. The van der Waals surface area contributed by atoms with Crippen molar-refractivity contribution in [3.05, 3.63) is 21.6 Å². The van der Waals surface area contributed by atoms with E-state index in [2.05, 4.69) is 43.2 Å². The van der Waals surface area contributed by atoms with Crippen molar-refractivity contribution in [1.82, 2.24) is 4.68 Å². The predicted molar refractivity (Wildman–Crippen MR) is 93.2 cm³/mol. The molecule has 19 heteroatoms. The van der Waals surface area contributed by atoms with Crippen LogP contribution in [0.1, 0.15) is 31.2 Å². The summed E-state index contributed by atoms with van der Waals surface area (Å²) in [5.41, 5.74) is 2.70. The van der Waals surface area contributed by atoms with E-state index in [1.54, 1.807) is 0 Å². The largest absolute Gasteiger partial charge is 0.467 e. The van der Waals surface area contributed by atoms with Crippen LogP contribution in [0.5, 0.6) is 0 Å². The second-order valence-electron chi connectivity index (χ2n) is 6.48. The van der Waals surface area contributed by atoms with E-state index in [4.69, 9.17) is 0 Å². The molecule has 196 valence electrons. The van der Waals surface area contributed by atoms with E-state index < -0.39 is 42.9 Å². The molecule has 7 nitrogen and oxygen atoms in total. The summed E-state index contributed by atoms with van der Waals surface area (Å²) in [6.07, 6.45) is -11.5. The molecule has 0 amide bonds. The van der Waals surface area contributed by atoms with Gasteiger partial charge in [-0.05, 0) is 13.3 Å². The molecular weight excluding hydrogens is 528 g/mol. The van der Waals surface area contributed by atoms with Crippen LogP contribution >= 0.6 is 0 Å². The van der Waals surface area contributed by atoms with E-state index in [-0.39, 0.29) is 0 Å². The van der Waals surface area contributed by atoms with E-state index in [1.165, 1.54) is 24.2 Å². The van der Waals surface area contributed by atoms with Crippen molar-refractivity contribution in [2.75, 3.05) is 0 Å². The molecular formula is C14H19F10N3O4S2. The number of aryl methyl sites for hydroxylation is 2. The lowest BCUT2D eigenvalue weighted by Crippen LogP contribution is -2.48. The molecule has 1 aromatic rings. The molecule has 0 saturated heterocycles. The first-order valence-electron chi connectivity index (χ1n) is 8.52. The molecule has 1 aromatic heterocycles. The minimum Gasteiger partial charge on any atom is -0.425 e. The molecule has 0 bridgehead atoms. The Labute approximate surface area is 182 Å². The van der Waals surface area contributed by atoms with Crippen molar-refractivity contribution in [3.8, 4) is 0 Å². The first-order valence-corrected chi connectivity index (χ1v) is 11.4. The first kappa shape index (κ1) is 31.4. The number of unbranched alkanes of at least 4 members (excludes halogenated alkanes) is 1. The van der Waals surface area contributed by atoms with Crippen LogP contribution in [0.25, 0.3) is 4.13 Å². The number of nitrogens with zero attached hydrogens (tertiary/aromatic N) is 3. The summed E-state index contributed by atoms with van der Waals surface area (Å²) in [6, 6.07) is 2.23. The highest BCUT2D eigenvalue weighted by molar-refractivity contribution is 8.13. The molecule has 0 aliphatic carbocycles. The maximum atomic E-state index is 12.3. The Balaban J connectivity index is 0.000000716. The van der Waals surface area contributed by atoms with Gasteiger partial charge in [-0.2, -0.15) is 48.6 Å². The highest BCUT2D eigenvalue weighted by Gasteiger charge is 2.68. The molecule has 0 N–H and O–H groups in total. The van der Waals surface area contributed by atoms with Gasteiger partial charge < -0.3 is 4.13 Å². The van der Waals surface area contributed by atoms with Crippen molar-refractivity contribution in [3.63, 3.8) is 0 Å². The molecule has 1 rings (SSSR count). The van der Waals surface area contributed by atoms with Gasteiger partial charge in [-0.15, -0.1) is 4.68 Å². The van der Waals surface area contributed by atoms with Crippen LogP contribution in [0.4, 0.5) is 43.9 Å². The minimum atomic E-state index is -7.62. The van der Waals surface area contributed by atoms with Crippen molar-refractivity contribution < 1.29 is 65.4 Å². The predicted octanol–water partition coefficient (Wildman–Crippen LogP) is 4.06. The Morgan fingerprint density at radius 3 is 1.45 bits per heavy atom. The van der Waals surface area contributed by atoms with E-state index in [1.807, 2.05) is 0 Å². The number of halogens is 10. The van der Waals surface area contributed by atoms with Crippen molar-refractivity contribution in [2.45, 2.75) is 63.0 Å². The molecule has 1 heterocycles. The number of aromatic nitrogens is 2. The van der Waals surface area contributed by atoms with Gasteiger partial charge in [-0.3, -0.25) is 0 Å². The molecule has 0 aliphatic heterocycles. The normalized spacial score (nSPS) is 14.1. The fourth-order valence-corrected chi connectivity index (χ4v) is 4.41. The fourth-order valence-electron chi connectivity index (χ4n) is 2.05. The Kier molecular flexibility index (Phi) is 9.44.